The van der Waals surface area contributed by atoms with Crippen LogP contribution in [0.4, 0.5) is 0 Å². The number of hydrogen-bond donors (Lipinski definition) is 7. The molecule has 136 valence electrons. The highest BCUT2D eigenvalue weighted by atomic mass is 16.4. The summed E-state index contributed by atoms with van der Waals surface area (Å²) in [5, 5.41) is 21.6. The number of carboxylic acids is 2. The van der Waals surface area contributed by atoms with Crippen molar-refractivity contribution in [2.45, 2.75) is 31.3 Å². The van der Waals surface area contributed by atoms with Gasteiger partial charge in [-0.1, -0.05) is 0 Å². The second-order valence-electron chi connectivity index (χ2n) is 4.83. The molecule has 0 aromatic heterocycles. The number of carboxylic acid groups (broad SMARTS) is 2. The van der Waals surface area contributed by atoms with Crippen molar-refractivity contribution in [1.82, 2.24) is 10.6 Å². The fourth-order valence-electron chi connectivity index (χ4n) is 1.62. The number of nitrogens with one attached hydrogen (secondary N) is 2. The lowest BCUT2D eigenvalue weighted by atomic mass is 10.1. The first-order valence-electron chi connectivity index (χ1n) is 6.96. The first-order valence-corrected chi connectivity index (χ1v) is 6.96. The van der Waals surface area contributed by atoms with Gasteiger partial charge in [0.2, 0.25) is 11.8 Å². The Morgan fingerprint density at radius 3 is 2.17 bits per heavy atom. The van der Waals surface area contributed by atoms with E-state index in [-0.39, 0.29) is 18.9 Å². The van der Waals surface area contributed by atoms with Gasteiger partial charge < -0.3 is 38.0 Å². The highest BCUT2D eigenvalue weighted by Crippen LogP contribution is 2.00. The van der Waals surface area contributed by atoms with Gasteiger partial charge >= 0.3 is 11.9 Å². The van der Waals surface area contributed by atoms with Crippen LogP contribution in [-0.2, 0) is 19.2 Å². The third-order valence-electron chi connectivity index (χ3n) is 2.72. The van der Waals surface area contributed by atoms with Crippen LogP contribution < -0.4 is 27.8 Å². The molecule has 12 heteroatoms. The van der Waals surface area contributed by atoms with Crippen LogP contribution in [0.2, 0.25) is 0 Å². The molecule has 0 aliphatic carbocycles. The largest absolute Gasteiger partial charge is 0.481 e. The Balaban J connectivity index is 4.73. The Hall–Kier alpha value is -2.89. The number of carbonyl (C=O) groups excluding carboxylic acids is 2. The quantitative estimate of drug-likeness (QED) is 0.112. The average Bonchev–Trinajstić information content (AvgIpc) is 2.46. The van der Waals surface area contributed by atoms with E-state index in [0.29, 0.717) is 6.42 Å². The molecule has 0 fully saturated rings. The summed E-state index contributed by atoms with van der Waals surface area (Å²) in [7, 11) is 0. The summed E-state index contributed by atoms with van der Waals surface area (Å²) in [5.41, 5.74) is 15.7. The van der Waals surface area contributed by atoms with E-state index in [1.54, 1.807) is 0 Å². The maximum absolute atomic E-state index is 11.9. The molecule has 0 saturated carbocycles. The molecule has 0 aliphatic rings. The van der Waals surface area contributed by atoms with E-state index in [9.17, 15) is 19.2 Å². The van der Waals surface area contributed by atoms with Crippen molar-refractivity contribution in [3.63, 3.8) is 0 Å². The van der Waals surface area contributed by atoms with Gasteiger partial charge in [0, 0.05) is 6.54 Å². The van der Waals surface area contributed by atoms with E-state index < -0.39 is 48.8 Å². The lowest BCUT2D eigenvalue weighted by molar-refractivity contribution is -0.140. The molecule has 0 saturated heterocycles. The van der Waals surface area contributed by atoms with Gasteiger partial charge in [-0.2, -0.15) is 0 Å². The second kappa shape index (κ2) is 10.8. The number of hydrogen-bond acceptors (Lipinski definition) is 6. The predicted octanol–water partition coefficient (Wildman–Crippen LogP) is -3.47. The van der Waals surface area contributed by atoms with Gasteiger partial charge in [-0.3, -0.25) is 24.2 Å². The lowest BCUT2D eigenvalue weighted by Gasteiger charge is -2.19. The molecular formula is C12H22N6O6. The van der Waals surface area contributed by atoms with Crippen LogP contribution in [-0.4, -0.2) is 65.1 Å². The van der Waals surface area contributed by atoms with Crippen LogP contribution in [0, 0.1) is 0 Å². The minimum absolute atomic E-state index is 0.105. The Labute approximate surface area is 137 Å². The van der Waals surface area contributed by atoms with Crippen LogP contribution in [0.1, 0.15) is 19.3 Å². The van der Waals surface area contributed by atoms with E-state index >= 15 is 0 Å². The van der Waals surface area contributed by atoms with E-state index in [4.69, 9.17) is 27.4 Å². The molecule has 0 radical (unpaired) electrons. The number of aliphatic imine (C=N–C) groups is 1. The molecule has 0 spiro atoms. The first kappa shape index (κ1) is 21.1. The van der Waals surface area contributed by atoms with Crippen molar-refractivity contribution >= 4 is 29.7 Å². The van der Waals surface area contributed by atoms with E-state index in [2.05, 4.69) is 15.6 Å². The third kappa shape index (κ3) is 9.94. The fraction of sp³-hybridized carbons (Fsp3) is 0.583. The van der Waals surface area contributed by atoms with Gasteiger partial charge in [-0.05, 0) is 12.8 Å². The standard InChI is InChI=1S/C12H22N6O6/c13-6(4-8(19)20)10(23)18-7(2-1-3-16-12(14)15)11(24)17-5-9(21)22/h6-7H,1-5,13H2,(H,17,24)(H,18,23)(H,19,20)(H,21,22)(H4,14,15,16)/t6-,7-/m0/s1. The molecular weight excluding hydrogens is 324 g/mol. The molecule has 0 unspecified atom stereocenters. The fourth-order valence-corrected chi connectivity index (χ4v) is 1.62. The number of carbonyl (C=O) groups is 4. The highest BCUT2D eigenvalue weighted by molar-refractivity contribution is 5.92. The van der Waals surface area contributed by atoms with Crippen molar-refractivity contribution in [1.29, 1.82) is 0 Å². The molecule has 0 rings (SSSR count). The smallest absolute Gasteiger partial charge is 0.322 e. The molecule has 12 nitrogen and oxygen atoms in total. The van der Waals surface area contributed by atoms with Crippen LogP contribution >= 0.6 is 0 Å². The molecule has 10 N–H and O–H groups in total. The van der Waals surface area contributed by atoms with Crippen molar-refractivity contribution in [3.05, 3.63) is 0 Å². The van der Waals surface area contributed by atoms with Crippen molar-refractivity contribution in [3.8, 4) is 0 Å². The SMILES string of the molecule is NC(N)=NCCC[C@H](NC(=O)[C@@H](N)CC(=O)O)C(=O)NCC(=O)O. The van der Waals surface area contributed by atoms with Crippen LogP contribution in [0.25, 0.3) is 0 Å². The minimum atomic E-state index is -1.34. The van der Waals surface area contributed by atoms with Gasteiger partial charge in [-0.15, -0.1) is 0 Å². The van der Waals surface area contributed by atoms with E-state index in [1.165, 1.54) is 0 Å². The third-order valence-corrected chi connectivity index (χ3v) is 2.72. The summed E-state index contributed by atoms with van der Waals surface area (Å²) in [6, 6.07) is -2.43. The van der Waals surface area contributed by atoms with E-state index in [0.717, 1.165) is 0 Å². The number of amides is 2. The van der Waals surface area contributed by atoms with Crippen LogP contribution in [0.15, 0.2) is 4.99 Å². The van der Waals surface area contributed by atoms with Gasteiger partial charge in [0.05, 0.1) is 12.5 Å². The minimum Gasteiger partial charge on any atom is -0.481 e. The Morgan fingerprint density at radius 2 is 1.67 bits per heavy atom. The van der Waals surface area contributed by atoms with Gasteiger partial charge in [0.1, 0.15) is 12.6 Å². The van der Waals surface area contributed by atoms with Crippen molar-refractivity contribution in [2.24, 2.45) is 22.2 Å². The van der Waals surface area contributed by atoms with Gasteiger partial charge in [0.15, 0.2) is 5.96 Å². The Morgan fingerprint density at radius 1 is 1.04 bits per heavy atom. The average molecular weight is 346 g/mol. The molecule has 24 heavy (non-hydrogen) atoms. The number of nitrogens with two attached hydrogens (primary N) is 3. The number of rotatable bonds is 11. The predicted molar refractivity (Wildman–Crippen MR) is 82.7 cm³/mol. The summed E-state index contributed by atoms with van der Waals surface area (Å²) < 4.78 is 0. The van der Waals surface area contributed by atoms with Crippen molar-refractivity contribution in [2.75, 3.05) is 13.1 Å². The topological polar surface area (TPSA) is 223 Å². The summed E-state index contributed by atoms with van der Waals surface area (Å²) in [4.78, 5) is 48.5. The highest BCUT2D eigenvalue weighted by Gasteiger charge is 2.24. The van der Waals surface area contributed by atoms with Crippen LogP contribution in [0.3, 0.4) is 0 Å². The summed E-state index contributed by atoms with van der Waals surface area (Å²) >= 11 is 0. The van der Waals surface area contributed by atoms with Crippen LogP contribution in [0.5, 0.6) is 0 Å². The van der Waals surface area contributed by atoms with Crippen molar-refractivity contribution < 1.29 is 29.4 Å². The molecule has 0 aromatic rings. The maximum Gasteiger partial charge on any atom is 0.322 e. The number of guanidine groups is 1. The lowest BCUT2D eigenvalue weighted by Crippen LogP contribution is -2.52. The Bertz CT molecular complexity index is 504. The zero-order chi connectivity index (χ0) is 18.7. The molecule has 0 bridgehead atoms. The second-order valence-corrected chi connectivity index (χ2v) is 4.83. The first-order chi connectivity index (χ1) is 11.1. The molecule has 2 amide bonds. The molecule has 0 aliphatic heterocycles. The molecule has 0 aromatic carbocycles. The summed E-state index contributed by atoms with van der Waals surface area (Å²) in [5.74, 6) is -4.23. The molecule has 2 atom stereocenters. The monoisotopic (exact) mass is 346 g/mol. The maximum atomic E-state index is 11.9. The summed E-state index contributed by atoms with van der Waals surface area (Å²) in [6.07, 6.45) is -0.186. The molecule has 0 heterocycles. The normalized spacial score (nSPS) is 12.5. The number of nitrogens with zero attached hydrogens (tertiary/aromatic N) is 1. The zero-order valence-electron chi connectivity index (χ0n) is 12.9. The Kier molecular flexibility index (Phi) is 9.48. The number of aliphatic carboxylic acids is 2. The van der Waals surface area contributed by atoms with Gasteiger partial charge in [0.25, 0.3) is 0 Å². The van der Waals surface area contributed by atoms with Gasteiger partial charge in [-0.25, -0.2) is 0 Å². The summed E-state index contributed by atoms with van der Waals surface area (Å²) in [6.45, 7) is -0.428. The zero-order valence-corrected chi connectivity index (χ0v) is 12.9. The van der Waals surface area contributed by atoms with E-state index in [1.807, 2.05) is 0 Å².